The van der Waals surface area contributed by atoms with Gasteiger partial charge >= 0.3 is 6.09 Å². The molecule has 0 radical (unpaired) electrons. The molecular weight excluding hydrogens is 408 g/mol. The van der Waals surface area contributed by atoms with Crippen LogP contribution >= 0.6 is 0 Å². The summed E-state index contributed by atoms with van der Waals surface area (Å²) < 4.78 is 11.4. The van der Waals surface area contributed by atoms with Crippen molar-refractivity contribution in [3.05, 3.63) is 95.6 Å². The Morgan fingerprint density at radius 1 is 0.906 bits per heavy atom. The van der Waals surface area contributed by atoms with Gasteiger partial charge in [-0.05, 0) is 35.4 Å². The number of carbonyl (C=O) groups excluding carboxylic acids is 1. The van der Waals surface area contributed by atoms with Gasteiger partial charge in [0.25, 0.3) is 5.91 Å². The Hall–Kier alpha value is -4.00. The number of hydrogen-bond donors (Lipinski definition) is 2. The topological polar surface area (TPSA) is 88.1 Å². The molecule has 2 amide bonds. The van der Waals surface area contributed by atoms with E-state index in [0.717, 1.165) is 11.1 Å². The monoisotopic (exact) mass is 434 g/mol. The zero-order chi connectivity index (χ0) is 22.8. The fraction of sp³-hybridized carbons (Fsp3) is 0.200. The molecule has 0 atom stereocenters. The summed E-state index contributed by atoms with van der Waals surface area (Å²) in [5, 5.41) is 11.2. The molecule has 0 saturated heterocycles. The van der Waals surface area contributed by atoms with Gasteiger partial charge in [-0.3, -0.25) is 4.79 Å². The van der Waals surface area contributed by atoms with Gasteiger partial charge in [0.15, 0.2) is 11.5 Å². The quantitative estimate of drug-likeness (QED) is 0.500. The van der Waals surface area contributed by atoms with Crippen molar-refractivity contribution >= 4 is 12.0 Å². The summed E-state index contributed by atoms with van der Waals surface area (Å²) >= 11 is 0. The SMILES string of the molecule is COc1cc(CN(CCNC(=O)O)C(=O)c2ccccc2)ccc1OCc1ccccc1. The number of nitrogens with zero attached hydrogens (tertiary/aromatic N) is 1. The second-order valence-electron chi connectivity index (χ2n) is 7.08. The molecule has 7 nitrogen and oxygen atoms in total. The van der Waals surface area contributed by atoms with Crippen LogP contribution in [0.1, 0.15) is 21.5 Å². The molecule has 3 aromatic carbocycles. The minimum atomic E-state index is -1.13. The van der Waals surface area contributed by atoms with Crippen molar-refractivity contribution in [3.63, 3.8) is 0 Å². The van der Waals surface area contributed by atoms with Crippen LogP contribution in [0.2, 0.25) is 0 Å². The van der Waals surface area contributed by atoms with Gasteiger partial charge in [0.1, 0.15) is 6.61 Å². The fourth-order valence-electron chi connectivity index (χ4n) is 3.20. The van der Waals surface area contributed by atoms with Gasteiger partial charge in [0.05, 0.1) is 7.11 Å². The van der Waals surface area contributed by atoms with Crippen LogP contribution in [0.5, 0.6) is 11.5 Å². The summed E-state index contributed by atoms with van der Waals surface area (Å²) in [6.45, 7) is 1.07. The van der Waals surface area contributed by atoms with Crippen molar-refractivity contribution in [1.29, 1.82) is 0 Å². The number of nitrogens with one attached hydrogen (secondary N) is 1. The van der Waals surface area contributed by atoms with E-state index in [-0.39, 0.29) is 19.0 Å². The molecule has 3 aromatic rings. The van der Waals surface area contributed by atoms with Gasteiger partial charge in [-0.15, -0.1) is 0 Å². The van der Waals surface area contributed by atoms with Gasteiger partial charge in [-0.25, -0.2) is 4.79 Å². The lowest BCUT2D eigenvalue weighted by Crippen LogP contribution is -2.37. The maximum atomic E-state index is 13.0. The number of hydrogen-bond acceptors (Lipinski definition) is 4. The van der Waals surface area contributed by atoms with Crippen molar-refractivity contribution in [3.8, 4) is 11.5 Å². The van der Waals surface area contributed by atoms with E-state index in [2.05, 4.69) is 5.32 Å². The van der Waals surface area contributed by atoms with E-state index in [0.29, 0.717) is 30.2 Å². The molecule has 0 fully saturated rings. The van der Waals surface area contributed by atoms with Crippen molar-refractivity contribution in [2.75, 3.05) is 20.2 Å². The molecule has 166 valence electrons. The zero-order valence-electron chi connectivity index (χ0n) is 17.9. The molecule has 7 heteroatoms. The molecule has 3 rings (SSSR count). The molecule has 0 aliphatic rings. The normalized spacial score (nSPS) is 10.3. The lowest BCUT2D eigenvalue weighted by molar-refractivity contribution is 0.0743. The zero-order valence-corrected chi connectivity index (χ0v) is 17.9. The van der Waals surface area contributed by atoms with Gasteiger partial charge in [0.2, 0.25) is 0 Å². The Kier molecular flexibility index (Phi) is 8.09. The van der Waals surface area contributed by atoms with Crippen molar-refractivity contribution in [2.45, 2.75) is 13.2 Å². The highest BCUT2D eigenvalue weighted by molar-refractivity contribution is 5.94. The second kappa shape index (κ2) is 11.4. The molecule has 0 aliphatic heterocycles. The highest BCUT2D eigenvalue weighted by Gasteiger charge is 2.17. The second-order valence-corrected chi connectivity index (χ2v) is 7.08. The Labute approximate surface area is 187 Å². The molecule has 0 saturated carbocycles. The van der Waals surface area contributed by atoms with Crippen LogP contribution in [0.25, 0.3) is 0 Å². The smallest absolute Gasteiger partial charge is 0.404 e. The summed E-state index contributed by atoms with van der Waals surface area (Å²) in [6, 6.07) is 24.3. The maximum absolute atomic E-state index is 13.0. The molecular formula is C25H26N2O5. The number of methoxy groups -OCH3 is 1. The summed E-state index contributed by atoms with van der Waals surface area (Å²) in [6.07, 6.45) is -1.13. The first-order chi connectivity index (χ1) is 15.6. The summed E-state index contributed by atoms with van der Waals surface area (Å²) in [4.78, 5) is 25.4. The minimum Gasteiger partial charge on any atom is -0.493 e. The van der Waals surface area contributed by atoms with Crippen LogP contribution in [0, 0.1) is 0 Å². The molecule has 32 heavy (non-hydrogen) atoms. The highest BCUT2D eigenvalue weighted by Crippen LogP contribution is 2.29. The summed E-state index contributed by atoms with van der Waals surface area (Å²) in [7, 11) is 1.57. The number of benzene rings is 3. The summed E-state index contributed by atoms with van der Waals surface area (Å²) in [5.74, 6) is 0.990. The van der Waals surface area contributed by atoms with Gasteiger partial charge in [-0.1, -0.05) is 54.6 Å². The van der Waals surface area contributed by atoms with E-state index in [1.54, 1.807) is 36.3 Å². The van der Waals surface area contributed by atoms with Crippen LogP contribution in [0.4, 0.5) is 4.79 Å². The van der Waals surface area contributed by atoms with Gasteiger partial charge in [-0.2, -0.15) is 0 Å². The van der Waals surface area contributed by atoms with Crippen LogP contribution in [-0.4, -0.2) is 42.2 Å². The lowest BCUT2D eigenvalue weighted by atomic mass is 10.1. The maximum Gasteiger partial charge on any atom is 0.404 e. The first-order valence-corrected chi connectivity index (χ1v) is 10.2. The molecule has 2 N–H and O–H groups in total. The van der Waals surface area contributed by atoms with E-state index in [1.165, 1.54) is 0 Å². The average Bonchev–Trinajstić information content (AvgIpc) is 2.83. The number of ether oxygens (including phenoxy) is 2. The number of amides is 2. The Morgan fingerprint density at radius 2 is 1.59 bits per heavy atom. The van der Waals surface area contributed by atoms with Crippen molar-refractivity contribution in [2.24, 2.45) is 0 Å². The lowest BCUT2D eigenvalue weighted by Gasteiger charge is -2.23. The molecule has 0 aliphatic carbocycles. The van der Waals surface area contributed by atoms with E-state index >= 15 is 0 Å². The van der Waals surface area contributed by atoms with E-state index in [4.69, 9.17) is 14.6 Å². The largest absolute Gasteiger partial charge is 0.493 e. The van der Waals surface area contributed by atoms with Gasteiger partial charge < -0.3 is 24.8 Å². The molecule has 0 spiro atoms. The van der Waals surface area contributed by atoms with E-state index in [1.807, 2.05) is 54.6 Å². The summed E-state index contributed by atoms with van der Waals surface area (Å²) in [5.41, 5.74) is 2.43. The first-order valence-electron chi connectivity index (χ1n) is 10.2. The molecule has 0 bridgehead atoms. The predicted molar refractivity (Wildman–Crippen MR) is 121 cm³/mol. The third-order valence-electron chi connectivity index (χ3n) is 4.80. The van der Waals surface area contributed by atoms with Crippen LogP contribution in [0.3, 0.4) is 0 Å². The molecule has 0 aromatic heterocycles. The Morgan fingerprint density at radius 3 is 2.25 bits per heavy atom. The Balaban J connectivity index is 1.74. The number of carbonyl (C=O) groups is 2. The predicted octanol–water partition coefficient (Wildman–Crippen LogP) is 4.18. The average molecular weight is 434 g/mol. The number of carboxylic acid groups (broad SMARTS) is 1. The van der Waals surface area contributed by atoms with Crippen LogP contribution < -0.4 is 14.8 Å². The fourth-order valence-corrected chi connectivity index (χ4v) is 3.20. The standard InChI is InChI=1S/C25H26N2O5/c1-31-23-16-20(12-13-22(23)32-18-19-8-4-2-5-9-19)17-27(15-14-26-25(29)30)24(28)21-10-6-3-7-11-21/h2-13,16,26H,14-15,17-18H2,1H3,(H,29,30). The van der Waals surface area contributed by atoms with Crippen LogP contribution in [0.15, 0.2) is 78.9 Å². The third-order valence-corrected chi connectivity index (χ3v) is 4.80. The number of rotatable bonds is 10. The van der Waals surface area contributed by atoms with Crippen LogP contribution in [-0.2, 0) is 13.2 Å². The third kappa shape index (κ3) is 6.50. The van der Waals surface area contributed by atoms with Crippen molar-refractivity contribution < 1.29 is 24.2 Å². The van der Waals surface area contributed by atoms with Crippen molar-refractivity contribution in [1.82, 2.24) is 10.2 Å². The highest BCUT2D eigenvalue weighted by atomic mass is 16.5. The molecule has 0 heterocycles. The molecule has 0 unspecified atom stereocenters. The van der Waals surface area contributed by atoms with E-state index < -0.39 is 6.09 Å². The minimum absolute atomic E-state index is 0.128. The van der Waals surface area contributed by atoms with Gasteiger partial charge in [0, 0.05) is 25.2 Å². The van der Waals surface area contributed by atoms with E-state index in [9.17, 15) is 9.59 Å². The Bertz CT molecular complexity index is 1030. The first kappa shape index (κ1) is 22.7.